The van der Waals surface area contributed by atoms with E-state index in [4.69, 9.17) is 17.3 Å². The summed E-state index contributed by atoms with van der Waals surface area (Å²) in [6.45, 7) is 4.77. The van der Waals surface area contributed by atoms with Gasteiger partial charge in [0, 0.05) is 28.7 Å². The van der Waals surface area contributed by atoms with Gasteiger partial charge in [0.05, 0.1) is 5.69 Å². The van der Waals surface area contributed by atoms with Crippen LogP contribution in [0.3, 0.4) is 0 Å². The van der Waals surface area contributed by atoms with E-state index in [1.54, 1.807) is 0 Å². The van der Waals surface area contributed by atoms with Gasteiger partial charge in [-0.3, -0.25) is 0 Å². The fourth-order valence-corrected chi connectivity index (χ4v) is 2.16. The van der Waals surface area contributed by atoms with Gasteiger partial charge in [-0.25, -0.2) is 4.98 Å². The summed E-state index contributed by atoms with van der Waals surface area (Å²) in [4.78, 5) is 8.01. The largest absolute Gasteiger partial charge is 0.345 e. The van der Waals surface area contributed by atoms with Crippen LogP contribution in [0.25, 0.3) is 11.3 Å². The number of hydrogen-bond acceptors (Lipinski definition) is 2. The number of aryl methyl sites for hydroxylation is 1. The van der Waals surface area contributed by atoms with E-state index >= 15 is 0 Å². The van der Waals surface area contributed by atoms with Crippen molar-refractivity contribution in [2.45, 2.75) is 26.2 Å². The first-order chi connectivity index (χ1) is 8.65. The van der Waals surface area contributed by atoms with Crippen LogP contribution < -0.4 is 5.73 Å². The third-order valence-corrected chi connectivity index (χ3v) is 3.44. The molecule has 0 aliphatic carbocycles. The number of aromatic nitrogens is 2. The molecule has 1 heterocycles. The standard InChI is InChI=1S/C14H18ClN3/c1-3-10(8-16)14-17-9(2)13(18-14)11-4-6-12(15)7-5-11/h4-7,10H,3,8,16H2,1-2H3,(H,17,18). The molecule has 0 aliphatic heterocycles. The molecule has 1 aromatic heterocycles. The van der Waals surface area contributed by atoms with E-state index in [-0.39, 0.29) is 0 Å². The third-order valence-electron chi connectivity index (χ3n) is 3.18. The van der Waals surface area contributed by atoms with E-state index in [0.717, 1.165) is 34.2 Å². The lowest BCUT2D eigenvalue weighted by molar-refractivity contribution is 0.638. The first-order valence-corrected chi connectivity index (χ1v) is 6.56. The third kappa shape index (κ3) is 2.57. The molecule has 1 atom stereocenters. The zero-order chi connectivity index (χ0) is 13.1. The normalized spacial score (nSPS) is 12.7. The van der Waals surface area contributed by atoms with Crippen LogP contribution in [0.15, 0.2) is 24.3 Å². The zero-order valence-corrected chi connectivity index (χ0v) is 11.5. The molecule has 18 heavy (non-hydrogen) atoms. The molecule has 96 valence electrons. The van der Waals surface area contributed by atoms with Crippen LogP contribution in [0, 0.1) is 6.92 Å². The second kappa shape index (κ2) is 5.55. The molecule has 0 amide bonds. The molecule has 4 heteroatoms. The van der Waals surface area contributed by atoms with Crippen molar-refractivity contribution in [2.75, 3.05) is 6.54 Å². The van der Waals surface area contributed by atoms with E-state index in [2.05, 4.69) is 16.9 Å². The van der Waals surface area contributed by atoms with Crippen molar-refractivity contribution in [3.63, 3.8) is 0 Å². The fraction of sp³-hybridized carbons (Fsp3) is 0.357. The van der Waals surface area contributed by atoms with Crippen molar-refractivity contribution >= 4 is 11.6 Å². The van der Waals surface area contributed by atoms with Crippen molar-refractivity contribution in [3.05, 3.63) is 40.8 Å². The van der Waals surface area contributed by atoms with Gasteiger partial charge in [0.1, 0.15) is 5.82 Å². The van der Waals surface area contributed by atoms with E-state index in [9.17, 15) is 0 Å². The van der Waals surface area contributed by atoms with Crippen molar-refractivity contribution in [3.8, 4) is 11.3 Å². The molecule has 3 N–H and O–H groups in total. The molecular weight excluding hydrogens is 246 g/mol. The predicted molar refractivity (Wildman–Crippen MR) is 75.9 cm³/mol. The van der Waals surface area contributed by atoms with Gasteiger partial charge in [0.2, 0.25) is 0 Å². The zero-order valence-electron chi connectivity index (χ0n) is 10.7. The molecule has 0 radical (unpaired) electrons. The summed E-state index contributed by atoms with van der Waals surface area (Å²) >= 11 is 5.89. The van der Waals surface area contributed by atoms with Gasteiger partial charge in [0.25, 0.3) is 0 Å². The number of imidazole rings is 1. The average Bonchev–Trinajstić information content (AvgIpc) is 2.74. The van der Waals surface area contributed by atoms with Crippen molar-refractivity contribution in [1.82, 2.24) is 9.97 Å². The molecule has 0 spiro atoms. The van der Waals surface area contributed by atoms with Gasteiger partial charge >= 0.3 is 0 Å². The van der Waals surface area contributed by atoms with Crippen molar-refractivity contribution < 1.29 is 0 Å². The first kappa shape index (κ1) is 13.1. The Morgan fingerprint density at radius 3 is 2.56 bits per heavy atom. The van der Waals surface area contributed by atoms with Gasteiger partial charge in [-0.1, -0.05) is 30.7 Å². The number of nitrogens with one attached hydrogen (secondary N) is 1. The van der Waals surface area contributed by atoms with Gasteiger partial charge in [-0.2, -0.15) is 0 Å². The van der Waals surface area contributed by atoms with E-state index in [1.165, 1.54) is 0 Å². The summed E-state index contributed by atoms with van der Waals surface area (Å²) in [6, 6.07) is 7.73. The number of benzene rings is 1. The number of nitrogens with zero attached hydrogens (tertiary/aromatic N) is 1. The SMILES string of the molecule is CCC(CN)c1nc(-c2ccc(Cl)cc2)c(C)[nH]1. The summed E-state index contributed by atoms with van der Waals surface area (Å²) in [6.07, 6.45) is 0.990. The second-order valence-electron chi connectivity index (χ2n) is 4.44. The molecule has 1 aromatic carbocycles. The molecule has 0 saturated heterocycles. The topological polar surface area (TPSA) is 54.7 Å². The maximum atomic E-state index is 5.89. The van der Waals surface area contributed by atoms with Crippen LogP contribution in [-0.4, -0.2) is 16.5 Å². The Morgan fingerprint density at radius 1 is 1.33 bits per heavy atom. The summed E-state index contributed by atoms with van der Waals surface area (Å²) in [7, 11) is 0. The fourth-order valence-electron chi connectivity index (χ4n) is 2.04. The highest BCUT2D eigenvalue weighted by molar-refractivity contribution is 6.30. The quantitative estimate of drug-likeness (QED) is 0.887. The van der Waals surface area contributed by atoms with E-state index < -0.39 is 0 Å². The molecular formula is C14H18ClN3. The minimum absolute atomic E-state index is 0.296. The molecule has 0 aliphatic rings. The van der Waals surface area contributed by atoms with Gasteiger partial charge in [0.15, 0.2) is 0 Å². The maximum absolute atomic E-state index is 5.89. The highest BCUT2D eigenvalue weighted by Gasteiger charge is 2.15. The lowest BCUT2D eigenvalue weighted by atomic mass is 10.1. The van der Waals surface area contributed by atoms with Gasteiger partial charge < -0.3 is 10.7 Å². The monoisotopic (exact) mass is 263 g/mol. The van der Waals surface area contributed by atoms with Crippen LogP contribution in [0.1, 0.15) is 30.8 Å². The highest BCUT2D eigenvalue weighted by Crippen LogP contribution is 2.25. The summed E-state index contributed by atoms with van der Waals surface area (Å²) in [5.41, 5.74) is 8.88. The molecule has 0 saturated carbocycles. The molecule has 2 aromatic rings. The van der Waals surface area contributed by atoms with E-state index in [1.807, 2.05) is 31.2 Å². The Kier molecular flexibility index (Phi) is 4.04. The van der Waals surface area contributed by atoms with Gasteiger partial charge in [-0.05, 0) is 25.5 Å². The number of nitrogens with two attached hydrogens (primary N) is 1. The van der Waals surface area contributed by atoms with Crippen LogP contribution in [0.4, 0.5) is 0 Å². The van der Waals surface area contributed by atoms with Crippen molar-refractivity contribution in [2.24, 2.45) is 5.73 Å². The lowest BCUT2D eigenvalue weighted by Crippen LogP contribution is -2.12. The smallest absolute Gasteiger partial charge is 0.111 e. The second-order valence-corrected chi connectivity index (χ2v) is 4.88. The Hall–Kier alpha value is -1.32. The van der Waals surface area contributed by atoms with Crippen LogP contribution in [0.2, 0.25) is 5.02 Å². The molecule has 2 rings (SSSR count). The Morgan fingerprint density at radius 2 is 2.00 bits per heavy atom. The minimum Gasteiger partial charge on any atom is -0.345 e. The first-order valence-electron chi connectivity index (χ1n) is 6.18. The molecule has 0 fully saturated rings. The Bertz CT molecular complexity index is 512. The average molecular weight is 264 g/mol. The highest BCUT2D eigenvalue weighted by atomic mass is 35.5. The maximum Gasteiger partial charge on any atom is 0.111 e. The minimum atomic E-state index is 0.296. The molecule has 1 unspecified atom stereocenters. The number of hydrogen-bond donors (Lipinski definition) is 2. The molecule has 3 nitrogen and oxygen atoms in total. The summed E-state index contributed by atoms with van der Waals surface area (Å²) in [5.74, 6) is 1.27. The predicted octanol–water partition coefficient (Wildman–Crippen LogP) is 3.49. The van der Waals surface area contributed by atoms with Gasteiger partial charge in [-0.15, -0.1) is 0 Å². The summed E-state index contributed by atoms with van der Waals surface area (Å²) in [5, 5.41) is 0.737. The molecule has 0 bridgehead atoms. The van der Waals surface area contributed by atoms with Crippen LogP contribution in [0.5, 0.6) is 0 Å². The summed E-state index contributed by atoms with van der Waals surface area (Å²) < 4.78 is 0. The number of halogens is 1. The number of H-pyrrole nitrogens is 1. The Balaban J connectivity index is 2.37. The van der Waals surface area contributed by atoms with Crippen LogP contribution in [-0.2, 0) is 0 Å². The lowest BCUT2D eigenvalue weighted by Gasteiger charge is -2.07. The van der Waals surface area contributed by atoms with Crippen molar-refractivity contribution in [1.29, 1.82) is 0 Å². The van der Waals surface area contributed by atoms with E-state index in [0.29, 0.717) is 12.5 Å². The Labute approximate surface area is 112 Å². The number of rotatable bonds is 4. The van der Waals surface area contributed by atoms with Crippen LogP contribution >= 0.6 is 11.6 Å². The number of aromatic amines is 1.